The van der Waals surface area contributed by atoms with Gasteiger partial charge in [-0.2, -0.15) is 0 Å². The molecule has 0 heterocycles. The predicted molar refractivity (Wildman–Crippen MR) is 62.2 cm³/mol. The first-order valence-electron chi connectivity index (χ1n) is 5.19. The van der Waals surface area contributed by atoms with Crippen LogP contribution >= 0.6 is 11.6 Å². The van der Waals surface area contributed by atoms with E-state index in [-0.39, 0.29) is 12.5 Å². The van der Waals surface area contributed by atoms with Crippen molar-refractivity contribution in [3.05, 3.63) is 34.9 Å². The van der Waals surface area contributed by atoms with Gasteiger partial charge in [0, 0.05) is 24.2 Å². The fourth-order valence-electron chi connectivity index (χ4n) is 1.46. The predicted octanol–water partition coefficient (Wildman–Crippen LogP) is 2.53. The van der Waals surface area contributed by atoms with Crippen LogP contribution in [0.2, 0.25) is 5.02 Å². The zero-order valence-electron chi connectivity index (χ0n) is 8.95. The molecule has 0 aromatic heterocycles. The largest absolute Gasteiger partial charge is 0.396 e. The highest BCUT2D eigenvalue weighted by atomic mass is 35.5. The van der Waals surface area contributed by atoms with Crippen LogP contribution in [0.4, 0.5) is 0 Å². The molecule has 0 radical (unpaired) electrons. The molecule has 1 aromatic carbocycles. The molecule has 15 heavy (non-hydrogen) atoms. The lowest BCUT2D eigenvalue weighted by Gasteiger charge is -2.13. The van der Waals surface area contributed by atoms with Crippen LogP contribution in [0, 0.1) is 5.92 Å². The van der Waals surface area contributed by atoms with E-state index in [1.807, 2.05) is 31.2 Å². The van der Waals surface area contributed by atoms with Crippen molar-refractivity contribution < 1.29 is 9.84 Å². The van der Waals surface area contributed by atoms with Gasteiger partial charge in [0.15, 0.2) is 0 Å². The summed E-state index contributed by atoms with van der Waals surface area (Å²) in [7, 11) is 0. The van der Waals surface area contributed by atoms with Crippen molar-refractivity contribution in [2.45, 2.75) is 13.3 Å². The number of halogens is 1. The van der Waals surface area contributed by atoms with Crippen LogP contribution in [0.1, 0.15) is 12.5 Å². The Morgan fingerprint density at radius 3 is 2.87 bits per heavy atom. The van der Waals surface area contributed by atoms with Gasteiger partial charge in [0.1, 0.15) is 0 Å². The van der Waals surface area contributed by atoms with Crippen LogP contribution in [-0.4, -0.2) is 24.9 Å². The average Bonchev–Trinajstić information content (AvgIpc) is 2.24. The summed E-state index contributed by atoms with van der Waals surface area (Å²) >= 11 is 5.88. The molecule has 1 aromatic rings. The van der Waals surface area contributed by atoms with Crippen molar-refractivity contribution in [2.24, 2.45) is 5.92 Å². The fourth-order valence-corrected chi connectivity index (χ4v) is 1.67. The maximum absolute atomic E-state index is 9.17. The highest BCUT2D eigenvalue weighted by molar-refractivity contribution is 6.30. The van der Waals surface area contributed by atoms with E-state index in [9.17, 15) is 5.11 Å². The molecule has 0 aliphatic rings. The zero-order chi connectivity index (χ0) is 11.1. The van der Waals surface area contributed by atoms with Crippen LogP contribution < -0.4 is 0 Å². The van der Waals surface area contributed by atoms with Gasteiger partial charge in [0.2, 0.25) is 0 Å². The Morgan fingerprint density at radius 1 is 1.47 bits per heavy atom. The Bertz CT molecular complexity index is 289. The second-order valence-corrected chi connectivity index (χ2v) is 3.98. The molecule has 2 nitrogen and oxygen atoms in total. The Hall–Kier alpha value is -0.570. The molecule has 1 N–H and O–H groups in total. The second kappa shape index (κ2) is 6.83. The minimum Gasteiger partial charge on any atom is -0.396 e. The van der Waals surface area contributed by atoms with Crippen molar-refractivity contribution >= 4 is 11.6 Å². The molecule has 3 heteroatoms. The summed E-state index contributed by atoms with van der Waals surface area (Å²) in [6, 6.07) is 7.71. The fraction of sp³-hybridized carbons (Fsp3) is 0.500. The van der Waals surface area contributed by atoms with Crippen LogP contribution in [0.15, 0.2) is 24.3 Å². The number of benzene rings is 1. The van der Waals surface area contributed by atoms with E-state index < -0.39 is 0 Å². The van der Waals surface area contributed by atoms with Crippen LogP contribution in [0.25, 0.3) is 0 Å². The molecule has 0 fully saturated rings. The normalized spacial score (nSPS) is 12.7. The summed E-state index contributed by atoms with van der Waals surface area (Å²) < 4.78 is 5.30. The summed E-state index contributed by atoms with van der Waals surface area (Å²) in [6.07, 6.45) is 0.803. The maximum atomic E-state index is 9.17. The molecule has 0 aliphatic heterocycles. The third-order valence-electron chi connectivity index (χ3n) is 2.23. The third-order valence-corrected chi connectivity index (χ3v) is 2.46. The van der Waals surface area contributed by atoms with Gasteiger partial charge in [0.25, 0.3) is 0 Å². The van der Waals surface area contributed by atoms with E-state index in [0.29, 0.717) is 13.2 Å². The molecule has 0 aliphatic carbocycles. The van der Waals surface area contributed by atoms with Gasteiger partial charge >= 0.3 is 0 Å². The number of hydrogen-bond donors (Lipinski definition) is 1. The smallest absolute Gasteiger partial charge is 0.0519 e. The molecule has 0 saturated heterocycles. The molecule has 84 valence electrons. The highest BCUT2D eigenvalue weighted by Gasteiger charge is 2.08. The van der Waals surface area contributed by atoms with Gasteiger partial charge in [-0.25, -0.2) is 0 Å². The van der Waals surface area contributed by atoms with E-state index in [2.05, 4.69) is 0 Å². The zero-order valence-corrected chi connectivity index (χ0v) is 9.70. The van der Waals surface area contributed by atoms with Crippen molar-refractivity contribution in [2.75, 3.05) is 19.8 Å². The van der Waals surface area contributed by atoms with E-state index in [1.54, 1.807) is 0 Å². The molecule has 0 spiro atoms. The number of rotatable bonds is 6. The van der Waals surface area contributed by atoms with Crippen LogP contribution in [0.5, 0.6) is 0 Å². The first-order chi connectivity index (χ1) is 7.26. The van der Waals surface area contributed by atoms with Crippen molar-refractivity contribution in [3.8, 4) is 0 Å². The lowest BCUT2D eigenvalue weighted by Crippen LogP contribution is -2.16. The average molecular weight is 229 g/mol. The third kappa shape index (κ3) is 4.65. The molecular formula is C12H17ClO2. The Labute approximate surface area is 95.8 Å². The van der Waals surface area contributed by atoms with E-state index in [0.717, 1.165) is 17.0 Å². The minimum absolute atomic E-state index is 0.145. The number of hydrogen-bond acceptors (Lipinski definition) is 2. The first-order valence-corrected chi connectivity index (χ1v) is 5.57. The monoisotopic (exact) mass is 228 g/mol. The van der Waals surface area contributed by atoms with Crippen LogP contribution in [-0.2, 0) is 11.2 Å². The lowest BCUT2D eigenvalue weighted by atomic mass is 10.0. The molecule has 0 bridgehead atoms. The number of aliphatic hydroxyl groups excluding tert-OH is 1. The SMILES string of the molecule is CCOCC(CO)Cc1cccc(Cl)c1. The van der Waals surface area contributed by atoms with Crippen molar-refractivity contribution in [1.82, 2.24) is 0 Å². The summed E-state index contributed by atoms with van der Waals surface area (Å²) in [5.41, 5.74) is 1.14. The molecule has 1 rings (SSSR count). The summed E-state index contributed by atoms with van der Waals surface area (Å²) in [5, 5.41) is 9.91. The maximum Gasteiger partial charge on any atom is 0.0519 e. The molecule has 1 atom stereocenters. The van der Waals surface area contributed by atoms with Gasteiger partial charge < -0.3 is 9.84 Å². The summed E-state index contributed by atoms with van der Waals surface area (Å²) in [4.78, 5) is 0. The lowest BCUT2D eigenvalue weighted by molar-refractivity contribution is 0.0810. The Balaban J connectivity index is 2.50. The standard InChI is InChI=1S/C12H17ClO2/c1-2-15-9-11(8-14)6-10-4-3-5-12(13)7-10/h3-5,7,11,14H,2,6,8-9H2,1H3. The van der Waals surface area contributed by atoms with E-state index in [4.69, 9.17) is 16.3 Å². The second-order valence-electron chi connectivity index (χ2n) is 3.54. The molecular weight excluding hydrogens is 212 g/mol. The van der Waals surface area contributed by atoms with E-state index in [1.165, 1.54) is 0 Å². The van der Waals surface area contributed by atoms with Crippen molar-refractivity contribution in [1.29, 1.82) is 0 Å². The Kier molecular flexibility index (Phi) is 5.69. The Morgan fingerprint density at radius 2 is 2.27 bits per heavy atom. The molecule has 0 amide bonds. The van der Waals surface area contributed by atoms with Gasteiger partial charge in [-0.15, -0.1) is 0 Å². The number of aliphatic hydroxyl groups is 1. The molecule has 0 saturated carbocycles. The minimum atomic E-state index is 0.145. The van der Waals surface area contributed by atoms with E-state index >= 15 is 0 Å². The summed E-state index contributed by atoms with van der Waals surface area (Å²) in [6.45, 7) is 3.38. The van der Waals surface area contributed by atoms with Gasteiger partial charge in [-0.1, -0.05) is 23.7 Å². The van der Waals surface area contributed by atoms with Gasteiger partial charge in [-0.3, -0.25) is 0 Å². The highest BCUT2D eigenvalue weighted by Crippen LogP contribution is 2.14. The topological polar surface area (TPSA) is 29.5 Å². The quantitative estimate of drug-likeness (QED) is 0.811. The number of ether oxygens (including phenoxy) is 1. The van der Waals surface area contributed by atoms with Crippen molar-refractivity contribution in [3.63, 3.8) is 0 Å². The summed E-state index contributed by atoms with van der Waals surface area (Å²) in [5.74, 6) is 0.156. The molecule has 1 unspecified atom stereocenters. The van der Waals surface area contributed by atoms with Gasteiger partial charge in [-0.05, 0) is 31.0 Å². The van der Waals surface area contributed by atoms with Gasteiger partial charge in [0.05, 0.1) is 6.61 Å². The van der Waals surface area contributed by atoms with Crippen LogP contribution in [0.3, 0.4) is 0 Å². The first kappa shape index (κ1) is 12.5.